The van der Waals surface area contributed by atoms with Crippen LogP contribution in [-0.4, -0.2) is 32.5 Å². The number of hydrogen-bond acceptors (Lipinski definition) is 4. The predicted octanol–water partition coefficient (Wildman–Crippen LogP) is 1.75. The Morgan fingerprint density at radius 3 is 2.68 bits per heavy atom. The molecule has 2 aliphatic rings. The minimum atomic E-state index is -0.959. The summed E-state index contributed by atoms with van der Waals surface area (Å²) < 4.78 is 8.04. The molecular weight excluding hydrogens is 322 g/mol. The van der Waals surface area contributed by atoms with Crippen molar-refractivity contribution in [2.75, 3.05) is 7.11 Å². The van der Waals surface area contributed by atoms with E-state index in [0.717, 1.165) is 25.0 Å². The van der Waals surface area contributed by atoms with Crippen LogP contribution in [0, 0.1) is 0 Å². The molecule has 1 atom stereocenters. The van der Waals surface area contributed by atoms with E-state index < -0.39 is 12.0 Å². The number of benzene rings is 1. The average molecular weight is 343 g/mol. The standard InChI is InChI=1S/C18H21N3O4/c1-25-13-7-5-12(6-8-13)18(9-10-18)11-20-17(24)21-14(16(22)23)3-2-4-15(21)19-20/h5-8,14H,2-4,9-11H2,1H3,(H,22,23)/t14-/m0/s1. The molecule has 1 aromatic heterocycles. The zero-order chi connectivity index (χ0) is 17.6. The quantitative estimate of drug-likeness (QED) is 0.894. The Bertz CT molecular complexity index is 861. The zero-order valence-electron chi connectivity index (χ0n) is 14.1. The lowest BCUT2D eigenvalue weighted by molar-refractivity contribution is -0.141. The number of aromatic nitrogens is 3. The highest BCUT2D eigenvalue weighted by Crippen LogP contribution is 2.49. The Hall–Kier alpha value is -2.57. The van der Waals surface area contributed by atoms with Gasteiger partial charge in [-0.25, -0.2) is 14.3 Å². The van der Waals surface area contributed by atoms with Crippen molar-refractivity contribution in [3.05, 3.63) is 46.1 Å². The van der Waals surface area contributed by atoms with E-state index in [2.05, 4.69) is 5.10 Å². The van der Waals surface area contributed by atoms with Crippen LogP contribution in [0.3, 0.4) is 0 Å². The van der Waals surface area contributed by atoms with Crippen molar-refractivity contribution in [3.63, 3.8) is 0 Å². The highest BCUT2D eigenvalue weighted by Gasteiger charge is 2.45. The molecular formula is C18H21N3O4. The Kier molecular flexibility index (Phi) is 3.67. The Morgan fingerprint density at radius 2 is 2.08 bits per heavy atom. The normalized spacial score (nSPS) is 20.8. The number of rotatable bonds is 5. The molecule has 0 bridgehead atoms. The maximum Gasteiger partial charge on any atom is 0.346 e. The van der Waals surface area contributed by atoms with E-state index >= 15 is 0 Å². The van der Waals surface area contributed by atoms with Gasteiger partial charge in [0.05, 0.1) is 13.7 Å². The molecule has 2 heterocycles. The summed E-state index contributed by atoms with van der Waals surface area (Å²) in [5.74, 6) is 0.437. The summed E-state index contributed by atoms with van der Waals surface area (Å²) in [5, 5.41) is 13.8. The average Bonchev–Trinajstić information content (AvgIpc) is 3.34. The predicted molar refractivity (Wildman–Crippen MR) is 90.0 cm³/mol. The number of aryl methyl sites for hydroxylation is 1. The maximum absolute atomic E-state index is 12.7. The first-order valence-electron chi connectivity index (χ1n) is 8.60. The van der Waals surface area contributed by atoms with Crippen LogP contribution in [0.5, 0.6) is 5.75 Å². The van der Waals surface area contributed by atoms with Gasteiger partial charge < -0.3 is 9.84 Å². The molecule has 1 saturated carbocycles. The van der Waals surface area contributed by atoms with Crippen LogP contribution in [0.25, 0.3) is 0 Å². The Balaban J connectivity index is 1.65. The lowest BCUT2D eigenvalue weighted by atomic mass is 9.96. The third kappa shape index (κ3) is 2.63. The van der Waals surface area contributed by atoms with E-state index in [9.17, 15) is 14.7 Å². The molecule has 1 aromatic carbocycles. The molecule has 0 saturated heterocycles. The van der Waals surface area contributed by atoms with Gasteiger partial charge in [0.15, 0.2) is 0 Å². The van der Waals surface area contributed by atoms with Crippen LogP contribution in [0.15, 0.2) is 29.1 Å². The summed E-state index contributed by atoms with van der Waals surface area (Å²) in [6.07, 6.45) is 3.88. The van der Waals surface area contributed by atoms with Crippen molar-refractivity contribution >= 4 is 5.97 Å². The molecule has 0 unspecified atom stereocenters. The third-order valence-electron chi connectivity index (χ3n) is 5.42. The molecule has 1 aliphatic carbocycles. The molecule has 1 N–H and O–H groups in total. The fourth-order valence-corrected chi connectivity index (χ4v) is 3.79. The Morgan fingerprint density at radius 1 is 1.36 bits per heavy atom. The molecule has 2 aromatic rings. The van der Waals surface area contributed by atoms with E-state index in [0.29, 0.717) is 25.2 Å². The van der Waals surface area contributed by atoms with Crippen molar-refractivity contribution in [1.82, 2.24) is 14.3 Å². The number of carbonyl (C=O) groups is 1. The highest BCUT2D eigenvalue weighted by molar-refractivity contribution is 5.72. The van der Waals surface area contributed by atoms with Gasteiger partial charge in [0, 0.05) is 11.8 Å². The van der Waals surface area contributed by atoms with E-state index in [-0.39, 0.29) is 11.1 Å². The third-order valence-corrected chi connectivity index (χ3v) is 5.42. The molecule has 7 heteroatoms. The Labute approximate surface area is 144 Å². The molecule has 4 rings (SSSR count). The minimum Gasteiger partial charge on any atom is -0.497 e. The van der Waals surface area contributed by atoms with Crippen LogP contribution < -0.4 is 10.4 Å². The summed E-state index contributed by atoms with van der Waals surface area (Å²) in [5.41, 5.74) is 0.780. The number of carboxylic acid groups (broad SMARTS) is 1. The van der Waals surface area contributed by atoms with Crippen molar-refractivity contribution in [3.8, 4) is 5.75 Å². The van der Waals surface area contributed by atoms with E-state index in [1.54, 1.807) is 7.11 Å². The van der Waals surface area contributed by atoms with Crippen molar-refractivity contribution in [2.24, 2.45) is 0 Å². The van der Waals surface area contributed by atoms with Gasteiger partial charge in [-0.05, 0) is 43.4 Å². The topological polar surface area (TPSA) is 86.4 Å². The number of aliphatic carboxylic acids is 1. The van der Waals surface area contributed by atoms with Gasteiger partial charge in [-0.3, -0.25) is 4.57 Å². The first kappa shape index (κ1) is 15.9. The molecule has 7 nitrogen and oxygen atoms in total. The van der Waals surface area contributed by atoms with Gasteiger partial charge >= 0.3 is 11.7 Å². The van der Waals surface area contributed by atoms with E-state index in [1.165, 1.54) is 14.8 Å². The molecule has 132 valence electrons. The second kappa shape index (κ2) is 5.75. The molecule has 1 aliphatic heterocycles. The highest BCUT2D eigenvalue weighted by atomic mass is 16.5. The second-order valence-corrected chi connectivity index (χ2v) is 6.98. The number of carboxylic acids is 1. The van der Waals surface area contributed by atoms with Crippen LogP contribution >= 0.6 is 0 Å². The summed E-state index contributed by atoms with van der Waals surface area (Å²) >= 11 is 0. The van der Waals surface area contributed by atoms with Gasteiger partial charge in [-0.2, -0.15) is 5.10 Å². The molecule has 0 spiro atoms. The SMILES string of the molecule is COc1ccc(C2(Cn3nc4n(c3=O)[C@H](C(=O)O)CCC4)CC2)cc1. The molecule has 0 amide bonds. The smallest absolute Gasteiger partial charge is 0.346 e. The van der Waals surface area contributed by atoms with Crippen LogP contribution in [0.2, 0.25) is 0 Å². The van der Waals surface area contributed by atoms with Gasteiger partial charge in [-0.15, -0.1) is 0 Å². The van der Waals surface area contributed by atoms with Crippen LogP contribution in [-0.2, 0) is 23.2 Å². The number of nitrogens with zero attached hydrogens (tertiary/aromatic N) is 3. The minimum absolute atomic E-state index is 0.0840. The fourth-order valence-electron chi connectivity index (χ4n) is 3.79. The molecule has 0 radical (unpaired) electrons. The van der Waals surface area contributed by atoms with Gasteiger partial charge in [0.1, 0.15) is 17.6 Å². The molecule has 25 heavy (non-hydrogen) atoms. The van der Waals surface area contributed by atoms with E-state index in [1.807, 2.05) is 24.3 Å². The number of ether oxygens (including phenoxy) is 1. The van der Waals surface area contributed by atoms with Crippen LogP contribution in [0.1, 0.15) is 43.1 Å². The van der Waals surface area contributed by atoms with Crippen molar-refractivity contribution in [1.29, 1.82) is 0 Å². The monoisotopic (exact) mass is 343 g/mol. The lowest BCUT2D eigenvalue weighted by Gasteiger charge is -2.19. The summed E-state index contributed by atoms with van der Waals surface area (Å²) in [6, 6.07) is 7.13. The maximum atomic E-state index is 12.7. The van der Waals surface area contributed by atoms with Crippen molar-refractivity contribution < 1.29 is 14.6 Å². The number of methoxy groups -OCH3 is 1. The fraction of sp³-hybridized carbons (Fsp3) is 0.500. The first-order chi connectivity index (χ1) is 12.0. The van der Waals surface area contributed by atoms with Crippen LogP contribution in [0.4, 0.5) is 0 Å². The van der Waals surface area contributed by atoms with Gasteiger partial charge in [0.2, 0.25) is 0 Å². The summed E-state index contributed by atoms with van der Waals surface area (Å²) in [6.45, 7) is 0.491. The summed E-state index contributed by atoms with van der Waals surface area (Å²) in [7, 11) is 1.63. The first-order valence-corrected chi connectivity index (χ1v) is 8.60. The van der Waals surface area contributed by atoms with E-state index in [4.69, 9.17) is 4.74 Å². The van der Waals surface area contributed by atoms with Gasteiger partial charge in [-0.1, -0.05) is 12.1 Å². The number of fused-ring (bicyclic) bond motifs is 1. The largest absolute Gasteiger partial charge is 0.497 e. The second-order valence-electron chi connectivity index (χ2n) is 6.98. The summed E-state index contributed by atoms with van der Waals surface area (Å²) in [4.78, 5) is 24.2. The zero-order valence-corrected chi connectivity index (χ0v) is 14.1. The number of hydrogen-bond donors (Lipinski definition) is 1. The van der Waals surface area contributed by atoms with Gasteiger partial charge in [0.25, 0.3) is 0 Å². The lowest BCUT2D eigenvalue weighted by Crippen LogP contribution is -2.35. The molecule has 1 fully saturated rings. The van der Waals surface area contributed by atoms with Crippen molar-refractivity contribution in [2.45, 2.75) is 50.1 Å².